The lowest BCUT2D eigenvalue weighted by Crippen LogP contribution is -2.35. The summed E-state index contributed by atoms with van der Waals surface area (Å²) in [5.41, 5.74) is 2.55. The van der Waals surface area contributed by atoms with Gasteiger partial charge < -0.3 is 16.0 Å². The molecule has 0 radical (unpaired) electrons. The van der Waals surface area contributed by atoms with Crippen molar-refractivity contribution in [2.45, 2.75) is 32.4 Å². The van der Waals surface area contributed by atoms with Gasteiger partial charge in [0, 0.05) is 6.54 Å². The minimum absolute atomic E-state index is 0. The van der Waals surface area contributed by atoms with Gasteiger partial charge in [-0.2, -0.15) is 4.68 Å². The molecule has 31 heavy (non-hydrogen) atoms. The van der Waals surface area contributed by atoms with Crippen LogP contribution in [0.3, 0.4) is 0 Å². The molecule has 0 saturated heterocycles. The standard InChI is InChI=1S/C20H22FN7O.2ClH/c1-2-16(24-20-25-26-27-28(20)14-6-4-3-5-7-14)19(29)23-17-9-8-13-12-22-11-10-15(13)18(17)21;;/h3-9,16,22H,2,10-12H2,1H3,(H,23,29)(H,24,25,27);2*1H. The van der Waals surface area contributed by atoms with Gasteiger partial charge in [0.25, 0.3) is 0 Å². The van der Waals surface area contributed by atoms with Gasteiger partial charge in [0.15, 0.2) is 0 Å². The topological polar surface area (TPSA) is 96.8 Å². The van der Waals surface area contributed by atoms with E-state index in [0.717, 1.165) is 17.8 Å². The van der Waals surface area contributed by atoms with Crippen LogP contribution < -0.4 is 16.0 Å². The number of rotatable bonds is 6. The van der Waals surface area contributed by atoms with Crippen molar-refractivity contribution in [3.8, 4) is 5.69 Å². The predicted molar refractivity (Wildman–Crippen MR) is 122 cm³/mol. The van der Waals surface area contributed by atoms with Crippen LogP contribution in [0.25, 0.3) is 5.69 Å². The molecule has 0 bridgehead atoms. The highest BCUT2D eigenvalue weighted by atomic mass is 35.5. The Balaban J connectivity index is 0.00000171. The number of nitrogens with zero attached hydrogens (tertiary/aromatic N) is 4. The van der Waals surface area contributed by atoms with E-state index >= 15 is 0 Å². The normalized spacial score (nSPS) is 13.2. The number of benzene rings is 2. The maximum Gasteiger partial charge on any atom is 0.248 e. The molecule has 0 saturated carbocycles. The largest absolute Gasteiger partial charge is 0.341 e. The van der Waals surface area contributed by atoms with Crippen molar-refractivity contribution < 1.29 is 9.18 Å². The molecule has 3 N–H and O–H groups in total. The fourth-order valence-electron chi connectivity index (χ4n) is 3.38. The molecule has 1 unspecified atom stereocenters. The monoisotopic (exact) mass is 467 g/mol. The van der Waals surface area contributed by atoms with Crippen molar-refractivity contribution in [3.05, 3.63) is 59.4 Å². The molecule has 4 rings (SSSR count). The molecule has 1 aromatic heterocycles. The maximum absolute atomic E-state index is 14.8. The second kappa shape index (κ2) is 11.0. The van der Waals surface area contributed by atoms with Crippen molar-refractivity contribution >= 4 is 42.4 Å². The second-order valence-corrected chi connectivity index (χ2v) is 6.84. The van der Waals surface area contributed by atoms with Crippen LogP contribution in [0.15, 0.2) is 42.5 Å². The van der Waals surface area contributed by atoms with Crippen LogP contribution in [0.4, 0.5) is 16.0 Å². The summed E-state index contributed by atoms with van der Waals surface area (Å²) in [6, 6.07) is 12.2. The number of hydrogen-bond acceptors (Lipinski definition) is 6. The highest BCUT2D eigenvalue weighted by molar-refractivity contribution is 5.96. The predicted octanol–water partition coefficient (Wildman–Crippen LogP) is 3.12. The summed E-state index contributed by atoms with van der Waals surface area (Å²) in [5.74, 6) is -0.362. The van der Waals surface area contributed by atoms with Crippen LogP contribution in [-0.2, 0) is 17.8 Å². The fourth-order valence-corrected chi connectivity index (χ4v) is 3.38. The van der Waals surface area contributed by atoms with Gasteiger partial charge in [-0.25, -0.2) is 4.39 Å². The van der Waals surface area contributed by atoms with Gasteiger partial charge in [-0.15, -0.1) is 24.8 Å². The molecule has 2 aromatic carbocycles. The Hall–Kier alpha value is -2.75. The Kier molecular flexibility index (Phi) is 8.73. The molecular formula is C20H24Cl2FN7O. The number of halogens is 3. The number of hydrogen-bond donors (Lipinski definition) is 3. The lowest BCUT2D eigenvalue weighted by Gasteiger charge is -2.21. The zero-order chi connectivity index (χ0) is 20.2. The molecule has 3 aromatic rings. The van der Waals surface area contributed by atoms with E-state index in [-0.39, 0.29) is 42.2 Å². The summed E-state index contributed by atoms with van der Waals surface area (Å²) < 4.78 is 16.4. The van der Waals surface area contributed by atoms with Crippen molar-refractivity contribution in [3.63, 3.8) is 0 Å². The third-order valence-electron chi connectivity index (χ3n) is 4.96. The van der Waals surface area contributed by atoms with Crippen LogP contribution in [-0.4, -0.2) is 38.7 Å². The summed E-state index contributed by atoms with van der Waals surface area (Å²) in [5, 5.41) is 20.6. The van der Waals surface area contributed by atoms with Crippen molar-refractivity contribution in [1.82, 2.24) is 25.5 Å². The quantitative estimate of drug-likeness (QED) is 0.515. The summed E-state index contributed by atoms with van der Waals surface area (Å²) in [6.07, 6.45) is 1.08. The van der Waals surface area contributed by atoms with E-state index in [2.05, 4.69) is 31.5 Å². The van der Waals surface area contributed by atoms with Crippen molar-refractivity contribution in [1.29, 1.82) is 0 Å². The third kappa shape index (κ3) is 5.30. The average molecular weight is 468 g/mol. The molecule has 11 heteroatoms. The highest BCUT2D eigenvalue weighted by Crippen LogP contribution is 2.25. The van der Waals surface area contributed by atoms with Gasteiger partial charge in [0.2, 0.25) is 11.9 Å². The van der Waals surface area contributed by atoms with E-state index in [1.165, 1.54) is 4.68 Å². The number of fused-ring (bicyclic) bond motifs is 1. The minimum atomic E-state index is -0.624. The van der Waals surface area contributed by atoms with Crippen LogP contribution in [0.2, 0.25) is 0 Å². The Morgan fingerprint density at radius 3 is 2.74 bits per heavy atom. The Labute approximate surface area is 191 Å². The number of carbonyl (C=O) groups is 1. The Bertz CT molecular complexity index is 1020. The summed E-state index contributed by atoms with van der Waals surface area (Å²) in [4.78, 5) is 12.8. The maximum atomic E-state index is 14.8. The summed E-state index contributed by atoms with van der Waals surface area (Å²) in [6.45, 7) is 3.23. The SMILES string of the molecule is CCC(Nc1nnnn1-c1ccccc1)C(=O)Nc1ccc2c(c1F)CCNC2.Cl.Cl. The molecule has 2 heterocycles. The van der Waals surface area contributed by atoms with Crippen LogP contribution in [0.1, 0.15) is 24.5 Å². The molecule has 1 amide bonds. The number of nitrogens with one attached hydrogen (secondary N) is 3. The average Bonchev–Trinajstić information content (AvgIpc) is 3.23. The van der Waals surface area contributed by atoms with E-state index in [1.807, 2.05) is 43.3 Å². The van der Waals surface area contributed by atoms with Gasteiger partial charge in [0.1, 0.15) is 11.9 Å². The molecule has 0 fully saturated rings. The van der Waals surface area contributed by atoms with Gasteiger partial charge in [0.05, 0.1) is 11.4 Å². The molecule has 0 spiro atoms. The molecular weight excluding hydrogens is 444 g/mol. The number of amides is 1. The van der Waals surface area contributed by atoms with E-state index in [1.54, 1.807) is 6.07 Å². The summed E-state index contributed by atoms with van der Waals surface area (Å²) in [7, 11) is 0. The number of aromatic nitrogens is 4. The first-order chi connectivity index (χ1) is 14.2. The van der Waals surface area contributed by atoms with Crippen LogP contribution >= 0.6 is 24.8 Å². The minimum Gasteiger partial charge on any atom is -0.341 e. The lowest BCUT2D eigenvalue weighted by molar-refractivity contribution is -0.117. The molecule has 8 nitrogen and oxygen atoms in total. The third-order valence-corrected chi connectivity index (χ3v) is 4.96. The zero-order valence-corrected chi connectivity index (χ0v) is 18.5. The van der Waals surface area contributed by atoms with Gasteiger partial charge in [-0.05, 0) is 59.1 Å². The molecule has 0 aliphatic carbocycles. The van der Waals surface area contributed by atoms with E-state index < -0.39 is 6.04 Å². The zero-order valence-electron chi connectivity index (χ0n) is 16.8. The van der Waals surface area contributed by atoms with E-state index in [9.17, 15) is 9.18 Å². The van der Waals surface area contributed by atoms with Gasteiger partial charge >= 0.3 is 0 Å². The Morgan fingerprint density at radius 2 is 2.00 bits per heavy atom. The Morgan fingerprint density at radius 1 is 1.23 bits per heavy atom. The molecule has 1 atom stereocenters. The molecule has 1 aliphatic rings. The summed E-state index contributed by atoms with van der Waals surface area (Å²) >= 11 is 0. The number of tetrazole rings is 1. The van der Waals surface area contributed by atoms with Crippen LogP contribution in [0.5, 0.6) is 0 Å². The number of para-hydroxylation sites is 1. The lowest BCUT2D eigenvalue weighted by atomic mass is 9.99. The first-order valence-corrected chi connectivity index (χ1v) is 9.59. The van der Waals surface area contributed by atoms with Gasteiger partial charge in [-0.1, -0.05) is 36.3 Å². The van der Waals surface area contributed by atoms with Gasteiger partial charge in [-0.3, -0.25) is 4.79 Å². The molecule has 166 valence electrons. The smallest absolute Gasteiger partial charge is 0.248 e. The fraction of sp³-hybridized carbons (Fsp3) is 0.300. The second-order valence-electron chi connectivity index (χ2n) is 6.84. The molecule has 1 aliphatic heterocycles. The van der Waals surface area contributed by atoms with Crippen molar-refractivity contribution in [2.24, 2.45) is 0 Å². The number of anilines is 2. The first-order valence-electron chi connectivity index (χ1n) is 9.59. The van der Waals surface area contributed by atoms with Crippen LogP contribution in [0, 0.1) is 5.82 Å². The number of carbonyl (C=O) groups excluding carboxylic acids is 1. The van der Waals surface area contributed by atoms with E-state index in [0.29, 0.717) is 30.9 Å². The first kappa shape index (κ1) is 24.5. The van der Waals surface area contributed by atoms with E-state index in [4.69, 9.17) is 0 Å². The highest BCUT2D eigenvalue weighted by Gasteiger charge is 2.23. The van der Waals surface area contributed by atoms with Crippen molar-refractivity contribution in [2.75, 3.05) is 17.2 Å².